The Morgan fingerprint density at radius 3 is 2.94 bits per heavy atom. The standard InChI is InChI=1S/C12H12BrN3O2/c13-10-5-9(12(17)18)6-11(7-10)15-2-4-16-3-1-14-8-16/h1,3,5-8,15H,2,4H2,(H,17,18). The molecule has 0 unspecified atom stereocenters. The molecular formula is C12H12BrN3O2. The summed E-state index contributed by atoms with van der Waals surface area (Å²) in [6, 6.07) is 5.03. The van der Waals surface area contributed by atoms with Crippen molar-refractivity contribution in [1.29, 1.82) is 0 Å². The van der Waals surface area contributed by atoms with E-state index in [2.05, 4.69) is 26.2 Å². The fourth-order valence-electron chi connectivity index (χ4n) is 1.56. The SMILES string of the molecule is O=C(O)c1cc(Br)cc(NCCn2ccnc2)c1. The van der Waals surface area contributed by atoms with Crippen molar-refractivity contribution in [3.63, 3.8) is 0 Å². The Bertz CT molecular complexity index is 540. The number of carboxylic acid groups (broad SMARTS) is 1. The van der Waals surface area contributed by atoms with Crippen LogP contribution in [0, 0.1) is 0 Å². The summed E-state index contributed by atoms with van der Waals surface area (Å²) in [6.45, 7) is 1.47. The minimum atomic E-state index is -0.936. The van der Waals surface area contributed by atoms with Crippen LogP contribution in [0.25, 0.3) is 0 Å². The minimum Gasteiger partial charge on any atom is -0.478 e. The number of carbonyl (C=O) groups is 1. The van der Waals surface area contributed by atoms with Gasteiger partial charge in [0.05, 0.1) is 11.9 Å². The molecule has 6 heteroatoms. The van der Waals surface area contributed by atoms with E-state index in [1.807, 2.05) is 16.8 Å². The minimum absolute atomic E-state index is 0.259. The van der Waals surface area contributed by atoms with Gasteiger partial charge in [0.15, 0.2) is 0 Å². The lowest BCUT2D eigenvalue weighted by Gasteiger charge is -2.08. The molecule has 0 bridgehead atoms. The van der Waals surface area contributed by atoms with E-state index >= 15 is 0 Å². The van der Waals surface area contributed by atoms with Crippen molar-refractivity contribution in [2.24, 2.45) is 0 Å². The lowest BCUT2D eigenvalue weighted by Crippen LogP contribution is -2.09. The van der Waals surface area contributed by atoms with Gasteiger partial charge in [0.25, 0.3) is 0 Å². The number of nitrogens with one attached hydrogen (secondary N) is 1. The number of rotatable bonds is 5. The third kappa shape index (κ3) is 3.33. The fraction of sp³-hybridized carbons (Fsp3) is 0.167. The average Bonchev–Trinajstić information content (AvgIpc) is 2.81. The molecule has 1 aromatic carbocycles. The Hall–Kier alpha value is -1.82. The molecule has 0 amide bonds. The van der Waals surface area contributed by atoms with E-state index in [0.29, 0.717) is 6.54 Å². The number of nitrogens with zero attached hydrogens (tertiary/aromatic N) is 2. The maximum atomic E-state index is 10.9. The Kier molecular flexibility index (Phi) is 3.99. The van der Waals surface area contributed by atoms with Crippen LogP contribution in [0.15, 0.2) is 41.4 Å². The van der Waals surface area contributed by atoms with Crippen molar-refractivity contribution in [1.82, 2.24) is 9.55 Å². The maximum absolute atomic E-state index is 10.9. The summed E-state index contributed by atoms with van der Waals surface area (Å²) < 4.78 is 2.69. The van der Waals surface area contributed by atoms with Crippen molar-refractivity contribution in [2.75, 3.05) is 11.9 Å². The second-order valence-electron chi connectivity index (χ2n) is 3.76. The number of imidazole rings is 1. The fourth-order valence-corrected chi connectivity index (χ4v) is 2.06. The van der Waals surface area contributed by atoms with Gasteiger partial charge in [0.2, 0.25) is 0 Å². The number of benzene rings is 1. The summed E-state index contributed by atoms with van der Waals surface area (Å²) in [5, 5.41) is 12.1. The van der Waals surface area contributed by atoms with E-state index in [-0.39, 0.29) is 5.56 Å². The van der Waals surface area contributed by atoms with Gasteiger partial charge < -0.3 is 15.0 Å². The molecule has 1 aromatic heterocycles. The molecule has 0 fully saturated rings. The van der Waals surface area contributed by atoms with E-state index in [1.54, 1.807) is 24.7 Å². The number of aromatic carboxylic acids is 1. The number of carboxylic acids is 1. The van der Waals surface area contributed by atoms with Crippen molar-refractivity contribution in [3.8, 4) is 0 Å². The molecule has 2 rings (SSSR count). The van der Waals surface area contributed by atoms with Gasteiger partial charge in [0, 0.05) is 35.6 Å². The van der Waals surface area contributed by atoms with Crippen molar-refractivity contribution in [3.05, 3.63) is 47.0 Å². The van der Waals surface area contributed by atoms with Crippen LogP contribution in [0.4, 0.5) is 5.69 Å². The van der Waals surface area contributed by atoms with Gasteiger partial charge >= 0.3 is 5.97 Å². The van der Waals surface area contributed by atoms with Crippen LogP contribution in [-0.4, -0.2) is 27.2 Å². The number of hydrogen-bond acceptors (Lipinski definition) is 3. The van der Waals surface area contributed by atoms with E-state index in [9.17, 15) is 4.79 Å². The molecule has 1 heterocycles. The molecule has 0 spiro atoms. The molecule has 2 N–H and O–H groups in total. The van der Waals surface area contributed by atoms with Crippen LogP contribution < -0.4 is 5.32 Å². The molecule has 0 saturated carbocycles. The van der Waals surface area contributed by atoms with Gasteiger partial charge in [-0.25, -0.2) is 9.78 Å². The van der Waals surface area contributed by atoms with Gasteiger partial charge in [-0.2, -0.15) is 0 Å². The van der Waals surface area contributed by atoms with Crippen molar-refractivity contribution in [2.45, 2.75) is 6.54 Å². The van der Waals surface area contributed by atoms with Gasteiger partial charge in [-0.05, 0) is 18.2 Å². The third-order valence-corrected chi connectivity index (χ3v) is 2.86. The van der Waals surface area contributed by atoms with Crippen LogP contribution in [0.5, 0.6) is 0 Å². The Balaban J connectivity index is 1.98. The van der Waals surface area contributed by atoms with Crippen LogP contribution in [-0.2, 0) is 6.54 Å². The number of hydrogen-bond donors (Lipinski definition) is 2. The van der Waals surface area contributed by atoms with Gasteiger partial charge in [-0.3, -0.25) is 0 Å². The number of aromatic nitrogens is 2. The maximum Gasteiger partial charge on any atom is 0.335 e. The molecule has 18 heavy (non-hydrogen) atoms. The second kappa shape index (κ2) is 5.68. The highest BCUT2D eigenvalue weighted by molar-refractivity contribution is 9.10. The molecule has 5 nitrogen and oxygen atoms in total. The Morgan fingerprint density at radius 1 is 1.44 bits per heavy atom. The molecule has 0 aliphatic heterocycles. The molecule has 0 atom stereocenters. The molecule has 0 radical (unpaired) electrons. The monoisotopic (exact) mass is 309 g/mol. The van der Waals surface area contributed by atoms with Gasteiger partial charge in [-0.15, -0.1) is 0 Å². The first-order valence-electron chi connectivity index (χ1n) is 5.38. The molecule has 94 valence electrons. The molecular weight excluding hydrogens is 298 g/mol. The smallest absolute Gasteiger partial charge is 0.335 e. The average molecular weight is 310 g/mol. The van der Waals surface area contributed by atoms with E-state index in [0.717, 1.165) is 16.7 Å². The topological polar surface area (TPSA) is 67.2 Å². The van der Waals surface area contributed by atoms with Gasteiger partial charge in [0.1, 0.15) is 0 Å². The zero-order valence-corrected chi connectivity index (χ0v) is 11.1. The number of halogens is 1. The molecule has 2 aromatic rings. The van der Waals surface area contributed by atoms with Crippen LogP contribution in [0.1, 0.15) is 10.4 Å². The summed E-state index contributed by atoms with van der Waals surface area (Å²) in [4.78, 5) is 14.9. The quantitative estimate of drug-likeness (QED) is 0.890. The number of anilines is 1. The van der Waals surface area contributed by atoms with Crippen LogP contribution >= 0.6 is 15.9 Å². The second-order valence-corrected chi connectivity index (χ2v) is 4.68. The first kappa shape index (κ1) is 12.6. The summed E-state index contributed by atoms with van der Waals surface area (Å²) in [5.41, 5.74) is 1.04. The molecule has 0 saturated heterocycles. The van der Waals surface area contributed by atoms with E-state index < -0.39 is 5.97 Å². The van der Waals surface area contributed by atoms with Gasteiger partial charge in [-0.1, -0.05) is 15.9 Å². The predicted molar refractivity (Wildman–Crippen MR) is 71.8 cm³/mol. The summed E-state index contributed by atoms with van der Waals surface area (Å²) in [7, 11) is 0. The predicted octanol–water partition coefficient (Wildman–Crippen LogP) is 2.46. The van der Waals surface area contributed by atoms with E-state index in [1.165, 1.54) is 0 Å². The van der Waals surface area contributed by atoms with Crippen molar-refractivity contribution < 1.29 is 9.90 Å². The summed E-state index contributed by atoms with van der Waals surface area (Å²) in [5.74, 6) is -0.936. The Morgan fingerprint density at radius 2 is 2.28 bits per heavy atom. The third-order valence-electron chi connectivity index (χ3n) is 2.40. The van der Waals surface area contributed by atoms with E-state index in [4.69, 9.17) is 5.11 Å². The summed E-state index contributed by atoms with van der Waals surface area (Å²) >= 11 is 3.29. The van der Waals surface area contributed by atoms with Crippen LogP contribution in [0.2, 0.25) is 0 Å². The van der Waals surface area contributed by atoms with Crippen LogP contribution in [0.3, 0.4) is 0 Å². The zero-order valence-electron chi connectivity index (χ0n) is 9.51. The van der Waals surface area contributed by atoms with Crippen molar-refractivity contribution >= 4 is 27.6 Å². The first-order chi connectivity index (χ1) is 8.65. The molecule has 0 aliphatic rings. The first-order valence-corrected chi connectivity index (χ1v) is 6.18. The summed E-state index contributed by atoms with van der Waals surface area (Å²) in [6.07, 6.45) is 5.35. The highest BCUT2D eigenvalue weighted by Gasteiger charge is 2.05. The zero-order chi connectivity index (χ0) is 13.0. The highest BCUT2D eigenvalue weighted by Crippen LogP contribution is 2.19. The normalized spacial score (nSPS) is 10.3. The lowest BCUT2D eigenvalue weighted by molar-refractivity contribution is 0.0697. The highest BCUT2D eigenvalue weighted by atomic mass is 79.9. The lowest BCUT2D eigenvalue weighted by atomic mass is 10.2. The molecule has 0 aliphatic carbocycles. The Labute approximate surface area is 113 Å². The largest absolute Gasteiger partial charge is 0.478 e.